The third kappa shape index (κ3) is 7.29. The molecule has 0 bridgehead atoms. The molecule has 208 valence electrons. The quantitative estimate of drug-likeness (QED) is 0.0503. The van der Waals surface area contributed by atoms with Gasteiger partial charge in [-0.2, -0.15) is 0 Å². The van der Waals surface area contributed by atoms with Crippen molar-refractivity contribution < 1.29 is 39.0 Å². The van der Waals surface area contributed by atoms with Crippen molar-refractivity contribution >= 4 is 87.7 Å². The van der Waals surface area contributed by atoms with Crippen LogP contribution in [0.5, 0.6) is 0 Å². The van der Waals surface area contributed by atoms with Crippen LogP contribution in [0.1, 0.15) is 5.69 Å². The van der Waals surface area contributed by atoms with Crippen LogP contribution in [0.3, 0.4) is 0 Å². The number of carbonyl (C=O) groups excluding carboxylic acids is 3. The molecule has 16 nitrogen and oxygen atoms in total. The van der Waals surface area contributed by atoms with Crippen LogP contribution in [0, 0.1) is 0 Å². The zero-order valence-corrected chi connectivity index (χ0v) is 22.8. The predicted molar refractivity (Wildman–Crippen MR) is 142 cm³/mol. The monoisotopic (exact) mass is 616 g/mol. The number of hydrogen-bond acceptors (Lipinski definition) is 15. The number of amides is 3. The second-order valence-electron chi connectivity index (χ2n) is 7.08. The summed E-state index contributed by atoms with van der Waals surface area (Å²) in [4.78, 5) is 67.4. The lowest BCUT2D eigenvalue weighted by atomic mass is 10.0. The van der Waals surface area contributed by atoms with Crippen molar-refractivity contribution in [1.82, 2.24) is 25.4 Å². The Kier molecular flexibility index (Phi) is 11.2. The number of fused-ring (bicyclic) bond motifs is 1. The molecule has 0 saturated carbocycles. The van der Waals surface area contributed by atoms with Gasteiger partial charge < -0.3 is 31.4 Å². The molecule has 0 aliphatic carbocycles. The first-order valence-electron chi connectivity index (χ1n) is 10.6. The van der Waals surface area contributed by atoms with E-state index in [9.17, 15) is 24.3 Å². The highest BCUT2D eigenvalue weighted by Crippen LogP contribution is 2.41. The molecule has 2 aliphatic rings. The summed E-state index contributed by atoms with van der Waals surface area (Å²) in [5.41, 5.74) is 7.39. The Balaban J connectivity index is 0.00000134. The Morgan fingerprint density at radius 1 is 1.36 bits per heavy atom. The lowest BCUT2D eigenvalue weighted by molar-refractivity contribution is -0.150. The van der Waals surface area contributed by atoms with Crippen LogP contribution in [-0.2, 0) is 28.8 Å². The molecule has 2 aromatic heterocycles. The molecule has 2 aromatic rings. The normalized spacial score (nSPS) is 18.2. The summed E-state index contributed by atoms with van der Waals surface area (Å²) in [6.07, 6.45) is 0.445. The van der Waals surface area contributed by atoms with Crippen molar-refractivity contribution in [3.8, 4) is 0 Å². The maximum Gasteiger partial charge on any atom is 0.352 e. The van der Waals surface area contributed by atoms with E-state index in [1.54, 1.807) is 5.51 Å². The van der Waals surface area contributed by atoms with Gasteiger partial charge in [-0.3, -0.25) is 24.1 Å². The number of rotatable bonds is 12. The number of nitrogens with one attached hydrogen (secondary N) is 2. The maximum absolute atomic E-state index is 13.0. The number of β-lactam (4-membered cyclic amide) rings is 1. The molecule has 1 unspecified atom stereocenters. The molecular formula is C19H20N8O8S4. The third-order valence-corrected chi connectivity index (χ3v) is 8.82. The van der Waals surface area contributed by atoms with E-state index in [-0.39, 0.29) is 41.9 Å². The van der Waals surface area contributed by atoms with E-state index in [4.69, 9.17) is 20.5 Å². The number of carboxylic acids is 1. The number of thiazole rings is 1. The van der Waals surface area contributed by atoms with Gasteiger partial charge in [-0.25, -0.2) is 9.78 Å². The van der Waals surface area contributed by atoms with E-state index >= 15 is 0 Å². The standard InChI is InChI=1S/C18H18N8O6S4.CH2O2/c19-1-2-32-25-10(9-5-34-17(22-9)20-6-27)13(28)23-11-14(29)26-12(16(30)31)8(3-33-15(11)26)4-35-18-24-21-7-36-18;2-1-3/h5-7,11,15H,1-4,19H2,(H,23,28)(H,30,31)(H,20,22,27);1H,(H,2,3)/t11?,15-;/m1./s1. The van der Waals surface area contributed by atoms with Crippen molar-refractivity contribution in [2.45, 2.75) is 15.8 Å². The molecule has 4 heterocycles. The van der Waals surface area contributed by atoms with E-state index in [1.807, 2.05) is 0 Å². The summed E-state index contributed by atoms with van der Waals surface area (Å²) in [6.45, 7) is -0.0498. The summed E-state index contributed by atoms with van der Waals surface area (Å²) in [5, 5.41) is 34.3. The van der Waals surface area contributed by atoms with Crippen molar-refractivity contribution in [3.05, 3.63) is 27.9 Å². The first-order chi connectivity index (χ1) is 18.9. The Morgan fingerprint density at radius 3 is 2.77 bits per heavy atom. The maximum atomic E-state index is 13.0. The Morgan fingerprint density at radius 2 is 2.13 bits per heavy atom. The lowest BCUT2D eigenvalue weighted by Crippen LogP contribution is -2.71. The van der Waals surface area contributed by atoms with Crippen LogP contribution < -0.4 is 16.4 Å². The molecule has 1 fully saturated rings. The zero-order valence-electron chi connectivity index (χ0n) is 19.6. The molecular weight excluding hydrogens is 597 g/mol. The summed E-state index contributed by atoms with van der Waals surface area (Å²) in [7, 11) is 0. The Labute approximate surface area is 236 Å². The summed E-state index contributed by atoms with van der Waals surface area (Å²) >= 11 is 5.10. The lowest BCUT2D eigenvalue weighted by Gasteiger charge is -2.49. The third-order valence-electron chi connectivity index (χ3n) is 4.76. The SMILES string of the molecule is NCCON=C(C(=O)NC1C(=O)N2C(C(=O)O)=C(CSc3nncs3)CS[C@H]12)c1csc(NC=O)n1.O=CO. The van der Waals surface area contributed by atoms with Crippen LogP contribution in [0.25, 0.3) is 0 Å². The smallest absolute Gasteiger partial charge is 0.352 e. The summed E-state index contributed by atoms with van der Waals surface area (Å²) < 4.78 is 0.691. The van der Waals surface area contributed by atoms with Gasteiger partial charge in [0.15, 0.2) is 15.2 Å². The van der Waals surface area contributed by atoms with Gasteiger partial charge in [0.2, 0.25) is 6.41 Å². The zero-order chi connectivity index (χ0) is 28.4. The predicted octanol–water partition coefficient (Wildman–Crippen LogP) is -0.526. The van der Waals surface area contributed by atoms with E-state index in [0.29, 0.717) is 27.8 Å². The minimum absolute atomic E-state index is 0.0413. The van der Waals surface area contributed by atoms with Crippen LogP contribution in [0.2, 0.25) is 0 Å². The second kappa shape index (κ2) is 14.5. The number of nitrogens with two attached hydrogens (primary N) is 1. The summed E-state index contributed by atoms with van der Waals surface area (Å²) in [6, 6.07) is -0.972. The van der Waals surface area contributed by atoms with E-state index < -0.39 is 29.2 Å². The minimum Gasteiger partial charge on any atom is -0.483 e. The molecule has 39 heavy (non-hydrogen) atoms. The fraction of sp³-hybridized carbons (Fsp3) is 0.316. The average Bonchev–Trinajstić information content (AvgIpc) is 3.61. The van der Waals surface area contributed by atoms with Crippen molar-refractivity contribution in [3.63, 3.8) is 0 Å². The fourth-order valence-electron chi connectivity index (χ4n) is 3.25. The molecule has 6 N–H and O–H groups in total. The average molecular weight is 617 g/mol. The van der Waals surface area contributed by atoms with Crippen molar-refractivity contribution in [2.24, 2.45) is 10.9 Å². The molecule has 2 atom stereocenters. The van der Waals surface area contributed by atoms with Gasteiger partial charge in [0.1, 0.15) is 34.9 Å². The molecule has 2 aliphatic heterocycles. The molecule has 0 radical (unpaired) electrons. The van der Waals surface area contributed by atoms with Crippen molar-refractivity contribution in [1.29, 1.82) is 0 Å². The molecule has 0 aromatic carbocycles. The summed E-state index contributed by atoms with van der Waals surface area (Å²) in [5.74, 6) is -1.82. The van der Waals surface area contributed by atoms with Gasteiger partial charge in [0.05, 0.1) is 0 Å². The second-order valence-corrected chi connectivity index (χ2v) is 11.1. The van der Waals surface area contributed by atoms with Gasteiger partial charge in [-0.05, 0) is 5.57 Å². The molecule has 3 amide bonds. The highest BCUT2D eigenvalue weighted by molar-refractivity contribution is 8.01. The number of oxime groups is 1. The number of thioether (sulfide) groups is 2. The van der Waals surface area contributed by atoms with Crippen LogP contribution >= 0.6 is 46.2 Å². The van der Waals surface area contributed by atoms with Gasteiger partial charge in [-0.1, -0.05) is 28.3 Å². The molecule has 0 spiro atoms. The number of aromatic nitrogens is 3. The molecule has 4 rings (SSSR count). The van der Waals surface area contributed by atoms with Crippen LogP contribution in [0.4, 0.5) is 5.13 Å². The Bertz CT molecular complexity index is 1270. The number of anilines is 1. The number of carbonyl (C=O) groups is 5. The van der Waals surface area contributed by atoms with Crippen molar-refractivity contribution in [2.75, 3.05) is 30.0 Å². The van der Waals surface area contributed by atoms with E-state index in [1.165, 1.54) is 45.1 Å². The fourth-order valence-corrected chi connectivity index (χ4v) is 6.87. The molecule has 1 saturated heterocycles. The van der Waals surface area contributed by atoms with Gasteiger partial charge in [0.25, 0.3) is 18.3 Å². The molecule has 20 heteroatoms. The first-order valence-corrected chi connectivity index (χ1v) is 14.4. The minimum atomic E-state index is -1.22. The topological polar surface area (TPSA) is 239 Å². The highest BCUT2D eigenvalue weighted by atomic mass is 32.2. The van der Waals surface area contributed by atoms with Crippen LogP contribution in [0.15, 0.2) is 31.7 Å². The highest BCUT2D eigenvalue weighted by Gasteiger charge is 2.54. The van der Waals surface area contributed by atoms with Gasteiger partial charge in [-0.15, -0.1) is 33.3 Å². The van der Waals surface area contributed by atoms with Gasteiger partial charge >= 0.3 is 5.97 Å². The number of carboxylic acid groups (broad SMARTS) is 2. The Hall–Kier alpha value is -3.59. The number of aliphatic carboxylic acids is 1. The van der Waals surface area contributed by atoms with E-state index in [2.05, 4.69) is 31.0 Å². The number of nitrogens with zero attached hydrogens (tertiary/aromatic N) is 5. The van der Waals surface area contributed by atoms with Gasteiger partial charge in [0, 0.05) is 23.4 Å². The van der Waals surface area contributed by atoms with E-state index in [0.717, 1.165) is 11.3 Å². The first kappa shape index (κ1) is 30.0. The number of hydrogen-bond donors (Lipinski definition) is 5. The largest absolute Gasteiger partial charge is 0.483 e. The van der Waals surface area contributed by atoms with Crippen LogP contribution in [-0.4, -0.2) is 103 Å².